The number of hydrogen-bond acceptors (Lipinski definition) is 3. The zero-order valence-electron chi connectivity index (χ0n) is 27.1. The molecule has 0 radical (unpaired) electrons. The number of aromatic nitrogens is 1. The van der Waals surface area contributed by atoms with Crippen molar-refractivity contribution in [1.82, 2.24) is 4.98 Å². The van der Waals surface area contributed by atoms with E-state index in [4.69, 9.17) is 9.40 Å². The van der Waals surface area contributed by atoms with Crippen LogP contribution in [-0.4, -0.2) is 10.5 Å². The predicted molar refractivity (Wildman–Crippen MR) is 197 cm³/mol. The first kappa shape index (κ1) is 27.9. The van der Waals surface area contributed by atoms with Gasteiger partial charge >= 0.3 is 0 Å². The number of anilines is 2. The van der Waals surface area contributed by atoms with Crippen LogP contribution in [0, 0.1) is 17.8 Å². The van der Waals surface area contributed by atoms with Gasteiger partial charge in [0.05, 0.1) is 0 Å². The average molecular weight is 623 g/mol. The summed E-state index contributed by atoms with van der Waals surface area (Å²) in [6.07, 6.45) is 8.18. The molecule has 0 amide bonds. The molecule has 4 saturated carbocycles. The van der Waals surface area contributed by atoms with Crippen LogP contribution in [0.4, 0.5) is 11.4 Å². The molecule has 0 aliphatic heterocycles. The van der Waals surface area contributed by atoms with Crippen LogP contribution in [0.5, 0.6) is 0 Å². The van der Waals surface area contributed by atoms with Gasteiger partial charge in [0.15, 0.2) is 5.58 Å². The highest BCUT2D eigenvalue weighted by Gasteiger charge is 2.54. The van der Waals surface area contributed by atoms with Gasteiger partial charge in [-0.2, -0.15) is 0 Å². The number of benzene rings is 6. The monoisotopic (exact) mass is 622 g/mol. The van der Waals surface area contributed by atoms with E-state index >= 15 is 0 Å². The van der Waals surface area contributed by atoms with Crippen LogP contribution in [0.3, 0.4) is 0 Å². The number of para-hydroxylation sites is 1. The number of nitrogens with zero attached hydrogens (tertiary/aromatic N) is 2. The van der Waals surface area contributed by atoms with Crippen molar-refractivity contribution < 1.29 is 4.42 Å². The Morgan fingerprint density at radius 3 is 1.81 bits per heavy atom. The molecule has 3 heteroatoms. The van der Waals surface area contributed by atoms with Crippen molar-refractivity contribution in [1.29, 1.82) is 0 Å². The van der Waals surface area contributed by atoms with Gasteiger partial charge in [-0.15, -0.1) is 0 Å². The maximum absolute atomic E-state index is 6.40. The Bertz CT molecular complexity index is 2230. The molecule has 4 fully saturated rings. The average Bonchev–Trinajstić information content (AvgIpc) is 3.57. The van der Waals surface area contributed by atoms with Gasteiger partial charge in [0, 0.05) is 28.0 Å². The zero-order valence-corrected chi connectivity index (χ0v) is 27.1. The Labute approximate surface area is 281 Å². The Kier molecular flexibility index (Phi) is 6.37. The number of fused-ring (bicyclic) bond motifs is 2. The molecule has 1 aromatic heterocycles. The topological polar surface area (TPSA) is 29.3 Å². The summed E-state index contributed by atoms with van der Waals surface area (Å²) in [6, 6.07) is 50.5. The summed E-state index contributed by atoms with van der Waals surface area (Å²) in [6.45, 7) is 0. The van der Waals surface area contributed by atoms with Crippen LogP contribution in [0.25, 0.3) is 55.6 Å². The Hall–Kier alpha value is -5.15. The van der Waals surface area contributed by atoms with E-state index in [2.05, 4.69) is 108 Å². The van der Waals surface area contributed by atoms with E-state index in [0.717, 1.165) is 45.5 Å². The molecule has 6 aromatic carbocycles. The molecule has 4 aliphatic carbocycles. The third kappa shape index (κ3) is 4.67. The molecule has 3 nitrogen and oxygen atoms in total. The van der Waals surface area contributed by atoms with E-state index in [-0.39, 0.29) is 5.54 Å². The predicted octanol–water partition coefficient (Wildman–Crippen LogP) is 12.1. The highest BCUT2D eigenvalue weighted by Crippen LogP contribution is 2.60. The molecule has 0 atom stereocenters. The molecule has 0 N–H and O–H groups in total. The lowest BCUT2D eigenvalue weighted by Gasteiger charge is -2.61. The minimum absolute atomic E-state index is 0.177. The van der Waals surface area contributed by atoms with E-state index in [0.29, 0.717) is 5.89 Å². The lowest BCUT2D eigenvalue weighted by atomic mass is 9.52. The van der Waals surface area contributed by atoms with Crippen LogP contribution < -0.4 is 4.90 Å². The summed E-state index contributed by atoms with van der Waals surface area (Å²) in [5.41, 5.74) is 10.2. The smallest absolute Gasteiger partial charge is 0.227 e. The van der Waals surface area contributed by atoms with Gasteiger partial charge in [0.2, 0.25) is 5.89 Å². The highest BCUT2D eigenvalue weighted by atomic mass is 16.3. The van der Waals surface area contributed by atoms with E-state index in [1.54, 1.807) is 0 Å². The standard InChI is InChI=1S/C45H38N2O/c1-2-8-36(9-3-1)44-46-42-12-6-11-41(43(42)48-44)35-17-21-40(22-18-35)47(45-27-30-23-31(28-45)25-32(24-30)29-45)39-19-15-34(16-20-39)38-14-13-33-7-4-5-10-37(33)26-38/h1-22,26,30-32H,23-25,27-29H2. The lowest BCUT2D eigenvalue weighted by Crippen LogP contribution is -2.58. The van der Waals surface area contributed by atoms with Crippen molar-refractivity contribution >= 4 is 33.2 Å². The van der Waals surface area contributed by atoms with Gasteiger partial charge in [-0.3, -0.25) is 0 Å². The van der Waals surface area contributed by atoms with E-state index in [1.165, 1.54) is 71.8 Å². The molecule has 0 spiro atoms. The van der Waals surface area contributed by atoms with Gasteiger partial charge in [-0.1, -0.05) is 91.0 Å². The van der Waals surface area contributed by atoms with Gasteiger partial charge in [0.25, 0.3) is 0 Å². The minimum atomic E-state index is 0.177. The van der Waals surface area contributed by atoms with E-state index in [9.17, 15) is 0 Å². The molecule has 0 saturated heterocycles. The molecule has 48 heavy (non-hydrogen) atoms. The molecule has 234 valence electrons. The van der Waals surface area contributed by atoms with Crippen molar-refractivity contribution in [2.24, 2.45) is 17.8 Å². The van der Waals surface area contributed by atoms with Crippen LogP contribution in [0.1, 0.15) is 38.5 Å². The van der Waals surface area contributed by atoms with Gasteiger partial charge in [-0.25, -0.2) is 4.98 Å². The number of rotatable bonds is 6. The molecule has 4 aliphatic rings. The van der Waals surface area contributed by atoms with Gasteiger partial charge in [0.1, 0.15) is 5.52 Å². The molecular formula is C45H38N2O. The number of hydrogen-bond donors (Lipinski definition) is 0. The van der Waals surface area contributed by atoms with Gasteiger partial charge < -0.3 is 9.32 Å². The fraction of sp³-hybridized carbons (Fsp3) is 0.222. The molecule has 11 rings (SSSR count). The SMILES string of the molecule is c1ccc(-c2nc3cccc(-c4ccc(N(c5ccc(-c6ccc7ccccc7c6)cc5)C56CC7CC(CC(C7)C5)C6)cc4)c3o2)cc1. The Morgan fingerprint density at radius 1 is 0.521 bits per heavy atom. The highest BCUT2D eigenvalue weighted by molar-refractivity contribution is 5.92. The summed E-state index contributed by atoms with van der Waals surface area (Å²) in [4.78, 5) is 7.57. The molecule has 0 unspecified atom stereocenters. The first-order valence-electron chi connectivity index (χ1n) is 17.6. The third-order valence-electron chi connectivity index (χ3n) is 11.6. The third-order valence-corrected chi connectivity index (χ3v) is 11.6. The molecule has 1 heterocycles. The first-order chi connectivity index (χ1) is 23.7. The van der Waals surface area contributed by atoms with Crippen LogP contribution in [-0.2, 0) is 0 Å². The van der Waals surface area contributed by atoms with Crippen molar-refractivity contribution in [3.05, 3.63) is 140 Å². The second kappa shape index (κ2) is 11.0. The lowest BCUT2D eigenvalue weighted by molar-refractivity contribution is 0.000557. The second-order valence-corrected chi connectivity index (χ2v) is 14.7. The van der Waals surface area contributed by atoms with Crippen molar-refractivity contribution in [3.63, 3.8) is 0 Å². The molecule has 4 bridgehead atoms. The van der Waals surface area contributed by atoms with Crippen LogP contribution >= 0.6 is 0 Å². The summed E-state index contributed by atoms with van der Waals surface area (Å²) in [7, 11) is 0. The van der Waals surface area contributed by atoms with Gasteiger partial charge in [-0.05, 0) is 132 Å². The maximum atomic E-state index is 6.40. The summed E-state index contributed by atoms with van der Waals surface area (Å²) >= 11 is 0. The summed E-state index contributed by atoms with van der Waals surface area (Å²) in [5.74, 6) is 3.24. The van der Waals surface area contributed by atoms with Crippen LogP contribution in [0.15, 0.2) is 144 Å². The minimum Gasteiger partial charge on any atom is -0.435 e. The van der Waals surface area contributed by atoms with Crippen molar-refractivity contribution in [2.75, 3.05) is 4.90 Å². The largest absolute Gasteiger partial charge is 0.435 e. The van der Waals surface area contributed by atoms with E-state index in [1.807, 2.05) is 36.4 Å². The Balaban J connectivity index is 1.03. The van der Waals surface area contributed by atoms with Crippen LogP contribution in [0.2, 0.25) is 0 Å². The van der Waals surface area contributed by atoms with Crippen molar-refractivity contribution in [3.8, 4) is 33.7 Å². The maximum Gasteiger partial charge on any atom is 0.227 e. The van der Waals surface area contributed by atoms with E-state index < -0.39 is 0 Å². The first-order valence-corrected chi connectivity index (χ1v) is 17.6. The van der Waals surface area contributed by atoms with Crippen molar-refractivity contribution in [2.45, 2.75) is 44.1 Å². The fourth-order valence-corrected chi connectivity index (χ4v) is 9.88. The molecule has 7 aromatic rings. The fourth-order valence-electron chi connectivity index (χ4n) is 9.88. The molecular weight excluding hydrogens is 585 g/mol. The second-order valence-electron chi connectivity index (χ2n) is 14.7. The number of oxazole rings is 1. The summed E-state index contributed by atoms with van der Waals surface area (Å²) in [5, 5.41) is 2.57. The quantitative estimate of drug-likeness (QED) is 0.185. The summed E-state index contributed by atoms with van der Waals surface area (Å²) < 4.78 is 6.40. The zero-order chi connectivity index (χ0) is 31.7. The Morgan fingerprint density at radius 2 is 1.12 bits per heavy atom. The normalized spacial score (nSPS) is 22.8.